The SMILES string of the molecule is CC(C)(C)OC(=O)N1CCOc2c(cccc2C(=O)NC(C)(C)c2ncc3c(Cl)cccn23)C1. The summed E-state index contributed by atoms with van der Waals surface area (Å²) in [5.74, 6) is 0.821. The number of halogens is 1. The number of fused-ring (bicyclic) bond motifs is 2. The Balaban J connectivity index is 1.58. The number of ether oxygens (including phenoxy) is 2. The largest absolute Gasteiger partial charge is 0.491 e. The number of hydrogen-bond donors (Lipinski definition) is 1. The highest BCUT2D eigenvalue weighted by Gasteiger charge is 2.31. The second-order valence-corrected chi connectivity index (χ2v) is 10.2. The molecule has 3 heterocycles. The number of imidazole rings is 1. The quantitative estimate of drug-likeness (QED) is 0.578. The molecular formula is C25H29ClN4O4. The highest BCUT2D eigenvalue weighted by molar-refractivity contribution is 6.33. The second kappa shape index (κ2) is 8.83. The summed E-state index contributed by atoms with van der Waals surface area (Å²) >= 11 is 6.28. The van der Waals surface area contributed by atoms with Crippen molar-refractivity contribution in [1.82, 2.24) is 19.6 Å². The van der Waals surface area contributed by atoms with Gasteiger partial charge in [0.1, 0.15) is 23.8 Å². The average molecular weight is 485 g/mol. The van der Waals surface area contributed by atoms with E-state index in [-0.39, 0.29) is 19.1 Å². The molecule has 9 heteroatoms. The van der Waals surface area contributed by atoms with Crippen LogP contribution in [0, 0.1) is 0 Å². The van der Waals surface area contributed by atoms with Crippen molar-refractivity contribution in [2.24, 2.45) is 0 Å². The molecule has 0 unspecified atom stereocenters. The first kappa shape index (κ1) is 23.9. The van der Waals surface area contributed by atoms with Gasteiger partial charge in [-0.05, 0) is 52.8 Å². The van der Waals surface area contributed by atoms with Crippen LogP contribution in [0.15, 0.2) is 42.7 Å². The van der Waals surface area contributed by atoms with Gasteiger partial charge < -0.3 is 24.1 Å². The van der Waals surface area contributed by atoms with Crippen LogP contribution in [-0.2, 0) is 16.8 Å². The van der Waals surface area contributed by atoms with Crippen LogP contribution in [0.25, 0.3) is 5.52 Å². The van der Waals surface area contributed by atoms with Crippen molar-refractivity contribution in [3.63, 3.8) is 0 Å². The number of hydrogen-bond acceptors (Lipinski definition) is 5. The molecule has 0 atom stereocenters. The average Bonchev–Trinajstić information content (AvgIpc) is 3.07. The smallest absolute Gasteiger partial charge is 0.410 e. The van der Waals surface area contributed by atoms with E-state index >= 15 is 0 Å². The Morgan fingerprint density at radius 2 is 1.91 bits per heavy atom. The van der Waals surface area contributed by atoms with E-state index < -0.39 is 17.2 Å². The molecule has 0 saturated carbocycles. The van der Waals surface area contributed by atoms with Crippen LogP contribution >= 0.6 is 11.6 Å². The Morgan fingerprint density at radius 1 is 1.15 bits per heavy atom. The Morgan fingerprint density at radius 3 is 2.65 bits per heavy atom. The van der Waals surface area contributed by atoms with Crippen molar-refractivity contribution < 1.29 is 19.1 Å². The first-order valence-corrected chi connectivity index (χ1v) is 11.5. The molecule has 3 aromatic rings. The number of pyridine rings is 1. The fraction of sp³-hybridized carbons (Fsp3) is 0.400. The number of para-hydroxylation sites is 1. The molecule has 0 bridgehead atoms. The zero-order valence-corrected chi connectivity index (χ0v) is 20.8. The van der Waals surface area contributed by atoms with Crippen molar-refractivity contribution in [2.75, 3.05) is 13.2 Å². The Hall–Kier alpha value is -3.26. The molecule has 34 heavy (non-hydrogen) atoms. The maximum Gasteiger partial charge on any atom is 0.410 e. The third-order valence-corrected chi connectivity index (χ3v) is 5.79. The van der Waals surface area contributed by atoms with Crippen molar-refractivity contribution >= 4 is 29.1 Å². The molecule has 8 nitrogen and oxygen atoms in total. The van der Waals surface area contributed by atoms with Crippen LogP contribution in [0.5, 0.6) is 5.75 Å². The van der Waals surface area contributed by atoms with Gasteiger partial charge in [0.25, 0.3) is 5.91 Å². The molecule has 0 fully saturated rings. The first-order valence-electron chi connectivity index (χ1n) is 11.1. The van der Waals surface area contributed by atoms with E-state index in [1.165, 1.54) is 0 Å². The number of rotatable bonds is 3. The molecule has 0 radical (unpaired) electrons. The van der Waals surface area contributed by atoms with Crippen LogP contribution in [0.3, 0.4) is 0 Å². The van der Waals surface area contributed by atoms with Gasteiger partial charge in [-0.15, -0.1) is 0 Å². The number of aromatic nitrogens is 2. The first-order chi connectivity index (χ1) is 16.0. The van der Waals surface area contributed by atoms with E-state index in [0.717, 1.165) is 11.1 Å². The summed E-state index contributed by atoms with van der Waals surface area (Å²) in [5, 5.41) is 3.65. The summed E-state index contributed by atoms with van der Waals surface area (Å²) in [4.78, 5) is 32.1. The zero-order valence-electron chi connectivity index (χ0n) is 20.0. The molecule has 1 aliphatic heterocycles. The van der Waals surface area contributed by atoms with Crippen LogP contribution in [0.1, 0.15) is 56.4 Å². The van der Waals surface area contributed by atoms with Crippen molar-refractivity contribution in [3.05, 3.63) is 64.7 Å². The lowest BCUT2D eigenvalue weighted by molar-refractivity contribution is 0.0225. The fourth-order valence-corrected chi connectivity index (χ4v) is 4.15. The Kier molecular flexibility index (Phi) is 6.20. The number of benzene rings is 1. The van der Waals surface area contributed by atoms with Gasteiger partial charge in [0, 0.05) is 11.8 Å². The van der Waals surface area contributed by atoms with E-state index in [4.69, 9.17) is 21.1 Å². The van der Waals surface area contributed by atoms with Gasteiger partial charge in [0.2, 0.25) is 0 Å². The molecular weight excluding hydrogens is 456 g/mol. The maximum atomic E-state index is 13.4. The molecule has 4 rings (SSSR count). The lowest BCUT2D eigenvalue weighted by Crippen LogP contribution is -2.42. The fourth-order valence-electron chi connectivity index (χ4n) is 3.94. The van der Waals surface area contributed by atoms with Crippen LogP contribution < -0.4 is 10.1 Å². The highest BCUT2D eigenvalue weighted by atomic mass is 35.5. The molecule has 1 aromatic carbocycles. The van der Waals surface area contributed by atoms with Crippen molar-refractivity contribution in [2.45, 2.75) is 52.3 Å². The third kappa shape index (κ3) is 4.82. The molecule has 2 amide bonds. The minimum Gasteiger partial charge on any atom is -0.491 e. The van der Waals surface area contributed by atoms with Gasteiger partial charge >= 0.3 is 6.09 Å². The van der Waals surface area contributed by atoms with Crippen LogP contribution in [0.4, 0.5) is 4.79 Å². The van der Waals surface area contributed by atoms with Gasteiger partial charge in [-0.25, -0.2) is 9.78 Å². The molecule has 0 saturated heterocycles. The van der Waals surface area contributed by atoms with Gasteiger partial charge in [0.15, 0.2) is 0 Å². The van der Waals surface area contributed by atoms with E-state index in [1.807, 2.05) is 57.3 Å². The molecule has 1 N–H and O–H groups in total. The monoisotopic (exact) mass is 484 g/mol. The van der Waals surface area contributed by atoms with Crippen molar-refractivity contribution in [3.8, 4) is 5.75 Å². The molecule has 180 valence electrons. The molecule has 1 aliphatic rings. The van der Waals surface area contributed by atoms with E-state index in [1.54, 1.807) is 29.3 Å². The number of nitrogens with zero attached hydrogens (tertiary/aromatic N) is 3. The van der Waals surface area contributed by atoms with E-state index in [2.05, 4.69) is 10.3 Å². The van der Waals surface area contributed by atoms with Gasteiger partial charge in [0.05, 0.1) is 40.9 Å². The summed E-state index contributed by atoms with van der Waals surface area (Å²) in [6, 6.07) is 8.98. The standard InChI is InChI=1S/C25H29ClN4O4/c1-24(2,3)34-23(32)29-12-13-33-20-16(15-29)8-6-9-17(20)21(31)28-25(4,5)22-27-14-19-18(26)10-7-11-30(19)22/h6-11,14H,12-13,15H2,1-5H3,(H,28,31). The Labute approximate surface area is 203 Å². The van der Waals surface area contributed by atoms with Crippen LogP contribution in [-0.4, -0.2) is 45.0 Å². The maximum absolute atomic E-state index is 13.4. The predicted octanol–water partition coefficient (Wildman–Crippen LogP) is 4.78. The van der Waals surface area contributed by atoms with E-state index in [9.17, 15) is 9.59 Å². The van der Waals surface area contributed by atoms with Gasteiger partial charge in [-0.3, -0.25) is 4.79 Å². The summed E-state index contributed by atoms with van der Waals surface area (Å²) in [5.41, 5.74) is 0.509. The second-order valence-electron chi connectivity index (χ2n) is 9.82. The molecule has 0 spiro atoms. The van der Waals surface area contributed by atoms with Crippen molar-refractivity contribution in [1.29, 1.82) is 0 Å². The third-order valence-electron chi connectivity index (χ3n) is 5.47. The number of carbonyl (C=O) groups is 2. The minimum atomic E-state index is -0.801. The number of amides is 2. The highest BCUT2D eigenvalue weighted by Crippen LogP contribution is 2.30. The zero-order chi connectivity index (χ0) is 24.7. The number of carbonyl (C=O) groups excluding carboxylic acids is 2. The molecule has 2 aromatic heterocycles. The number of nitrogens with one attached hydrogen (secondary N) is 1. The minimum absolute atomic E-state index is 0.253. The topological polar surface area (TPSA) is 85.2 Å². The lowest BCUT2D eigenvalue weighted by atomic mass is 10.0. The molecule has 0 aliphatic carbocycles. The Bertz CT molecular complexity index is 1250. The van der Waals surface area contributed by atoms with E-state index in [0.29, 0.717) is 28.7 Å². The van der Waals surface area contributed by atoms with Crippen LogP contribution in [0.2, 0.25) is 5.02 Å². The lowest BCUT2D eigenvalue weighted by Gasteiger charge is -2.26. The summed E-state index contributed by atoms with van der Waals surface area (Å²) in [6.45, 7) is 10.1. The normalized spacial score (nSPS) is 14.2. The summed E-state index contributed by atoms with van der Waals surface area (Å²) in [6.07, 6.45) is 3.14. The summed E-state index contributed by atoms with van der Waals surface area (Å²) in [7, 11) is 0. The van der Waals surface area contributed by atoms with Gasteiger partial charge in [-0.1, -0.05) is 23.7 Å². The predicted molar refractivity (Wildman–Crippen MR) is 129 cm³/mol. The van der Waals surface area contributed by atoms with Gasteiger partial charge in [-0.2, -0.15) is 0 Å². The summed E-state index contributed by atoms with van der Waals surface area (Å²) < 4.78 is 13.3.